The molecule has 1 aromatic carbocycles. The average Bonchev–Trinajstić information content (AvgIpc) is 2.38. The lowest BCUT2D eigenvalue weighted by Gasteiger charge is -2.19. The normalized spacial score (nSPS) is 9.53. The first kappa shape index (κ1) is 14.6. The number of hydrogen-bond donors (Lipinski definition) is 2. The molecule has 6 nitrogen and oxygen atoms in total. The number of nitrogens with one attached hydrogen (secondary N) is 1. The first-order valence-electron chi connectivity index (χ1n) is 5.59. The van der Waals surface area contributed by atoms with Gasteiger partial charge in [0.2, 0.25) is 0 Å². The Morgan fingerprint density at radius 3 is 2.84 bits per heavy atom. The van der Waals surface area contributed by atoms with Crippen molar-refractivity contribution in [3.05, 3.63) is 36.9 Å². The van der Waals surface area contributed by atoms with Gasteiger partial charge in [-0.15, -0.1) is 6.58 Å². The molecule has 0 fully saturated rings. The van der Waals surface area contributed by atoms with Crippen molar-refractivity contribution in [3.63, 3.8) is 0 Å². The van der Waals surface area contributed by atoms with Gasteiger partial charge >= 0.3 is 12.0 Å². The Hall–Kier alpha value is -2.50. The van der Waals surface area contributed by atoms with Gasteiger partial charge in [-0.05, 0) is 12.1 Å². The van der Waals surface area contributed by atoms with E-state index < -0.39 is 12.0 Å². The van der Waals surface area contributed by atoms with Crippen LogP contribution < -0.4 is 10.1 Å². The lowest BCUT2D eigenvalue weighted by molar-refractivity contribution is -0.137. The Kier molecular flexibility index (Phi) is 5.40. The lowest BCUT2D eigenvalue weighted by Crippen LogP contribution is -2.38. The fourth-order valence-electron chi connectivity index (χ4n) is 1.44. The first-order valence-corrected chi connectivity index (χ1v) is 5.59. The first-order chi connectivity index (χ1) is 9.06. The van der Waals surface area contributed by atoms with Gasteiger partial charge in [-0.25, -0.2) is 4.79 Å². The van der Waals surface area contributed by atoms with E-state index in [1.54, 1.807) is 24.3 Å². The van der Waals surface area contributed by atoms with Crippen molar-refractivity contribution < 1.29 is 19.4 Å². The smallest absolute Gasteiger partial charge is 0.323 e. The van der Waals surface area contributed by atoms with E-state index in [9.17, 15) is 9.59 Å². The van der Waals surface area contributed by atoms with Gasteiger partial charge in [0.1, 0.15) is 12.3 Å². The highest BCUT2D eigenvalue weighted by molar-refractivity contribution is 5.91. The summed E-state index contributed by atoms with van der Waals surface area (Å²) in [5.74, 6) is -0.478. The summed E-state index contributed by atoms with van der Waals surface area (Å²) in [6.07, 6.45) is 1.47. The number of carbonyl (C=O) groups is 2. The van der Waals surface area contributed by atoms with Crippen molar-refractivity contribution in [1.82, 2.24) is 4.90 Å². The molecule has 0 bridgehead atoms. The second kappa shape index (κ2) is 7.05. The molecule has 102 valence electrons. The second-order valence-electron chi connectivity index (χ2n) is 3.73. The molecule has 2 N–H and O–H groups in total. The minimum atomic E-state index is -1.08. The quantitative estimate of drug-likeness (QED) is 0.768. The Labute approximate surface area is 111 Å². The number of benzene rings is 1. The van der Waals surface area contributed by atoms with Gasteiger partial charge < -0.3 is 20.1 Å². The molecule has 2 amide bonds. The van der Waals surface area contributed by atoms with Crippen LogP contribution in [0.15, 0.2) is 36.9 Å². The van der Waals surface area contributed by atoms with Gasteiger partial charge in [0.15, 0.2) is 0 Å². The van der Waals surface area contributed by atoms with Crippen LogP contribution in [-0.2, 0) is 4.79 Å². The Morgan fingerprint density at radius 1 is 1.53 bits per heavy atom. The van der Waals surface area contributed by atoms with E-state index in [0.29, 0.717) is 11.4 Å². The van der Waals surface area contributed by atoms with Crippen molar-refractivity contribution >= 4 is 17.7 Å². The summed E-state index contributed by atoms with van der Waals surface area (Å²) in [6, 6.07) is 6.30. The minimum Gasteiger partial charge on any atom is -0.497 e. The molecule has 0 atom stereocenters. The summed E-state index contributed by atoms with van der Waals surface area (Å²) in [5, 5.41) is 11.3. The second-order valence-corrected chi connectivity index (χ2v) is 3.73. The molecular weight excluding hydrogens is 248 g/mol. The Bertz CT molecular complexity index is 473. The van der Waals surface area contributed by atoms with E-state index in [2.05, 4.69) is 11.9 Å². The van der Waals surface area contributed by atoms with E-state index in [1.165, 1.54) is 13.2 Å². The molecule has 0 radical (unpaired) electrons. The van der Waals surface area contributed by atoms with Crippen LogP contribution in [0.1, 0.15) is 0 Å². The van der Waals surface area contributed by atoms with E-state index in [0.717, 1.165) is 4.90 Å². The number of carboxylic acids is 1. The number of amides is 2. The van der Waals surface area contributed by atoms with Crippen LogP contribution >= 0.6 is 0 Å². The third kappa shape index (κ3) is 4.71. The Morgan fingerprint density at radius 2 is 2.26 bits per heavy atom. The summed E-state index contributed by atoms with van der Waals surface area (Å²) in [7, 11) is 1.52. The molecule has 0 saturated carbocycles. The molecule has 19 heavy (non-hydrogen) atoms. The van der Waals surface area contributed by atoms with E-state index in [4.69, 9.17) is 9.84 Å². The van der Waals surface area contributed by atoms with E-state index >= 15 is 0 Å². The number of methoxy groups -OCH3 is 1. The minimum absolute atomic E-state index is 0.155. The number of ether oxygens (including phenoxy) is 1. The third-order valence-electron chi connectivity index (χ3n) is 2.28. The SMILES string of the molecule is C=CCN(CC(=O)O)C(=O)Nc1cccc(OC)c1. The zero-order chi connectivity index (χ0) is 14.3. The molecule has 1 rings (SSSR count). The molecule has 0 aliphatic heterocycles. The summed E-state index contributed by atoms with van der Waals surface area (Å²) < 4.78 is 5.03. The average molecular weight is 264 g/mol. The fraction of sp³-hybridized carbons (Fsp3) is 0.231. The fourth-order valence-corrected chi connectivity index (χ4v) is 1.44. The number of anilines is 1. The number of hydrogen-bond acceptors (Lipinski definition) is 3. The number of carbonyl (C=O) groups excluding carboxylic acids is 1. The maximum atomic E-state index is 11.9. The number of rotatable bonds is 6. The van der Waals surface area contributed by atoms with Crippen molar-refractivity contribution in [2.24, 2.45) is 0 Å². The van der Waals surface area contributed by atoms with Crippen LogP contribution in [0.25, 0.3) is 0 Å². The van der Waals surface area contributed by atoms with Crippen LogP contribution in [-0.4, -0.2) is 42.2 Å². The predicted molar refractivity (Wildman–Crippen MR) is 71.4 cm³/mol. The number of nitrogens with zero attached hydrogens (tertiary/aromatic N) is 1. The van der Waals surface area contributed by atoms with Gasteiger partial charge in [0, 0.05) is 18.3 Å². The maximum Gasteiger partial charge on any atom is 0.323 e. The molecule has 0 aliphatic rings. The topological polar surface area (TPSA) is 78.9 Å². The molecule has 0 unspecified atom stereocenters. The monoisotopic (exact) mass is 264 g/mol. The summed E-state index contributed by atoms with van der Waals surface area (Å²) in [4.78, 5) is 23.7. The predicted octanol–water partition coefficient (Wildman–Crippen LogP) is 1.80. The van der Waals surface area contributed by atoms with Crippen molar-refractivity contribution in [1.29, 1.82) is 0 Å². The van der Waals surface area contributed by atoms with Gasteiger partial charge in [-0.2, -0.15) is 0 Å². The summed E-state index contributed by atoms with van der Waals surface area (Å²) in [5.41, 5.74) is 0.531. The third-order valence-corrected chi connectivity index (χ3v) is 2.28. The Balaban J connectivity index is 2.74. The van der Waals surface area contributed by atoms with Gasteiger partial charge in [-0.3, -0.25) is 4.79 Å². The van der Waals surface area contributed by atoms with Crippen LogP contribution in [0.5, 0.6) is 5.75 Å². The zero-order valence-corrected chi connectivity index (χ0v) is 10.6. The largest absolute Gasteiger partial charge is 0.497 e. The van der Waals surface area contributed by atoms with Crippen molar-refractivity contribution in [2.45, 2.75) is 0 Å². The van der Waals surface area contributed by atoms with Crippen LogP contribution in [0.4, 0.5) is 10.5 Å². The van der Waals surface area contributed by atoms with Crippen LogP contribution in [0, 0.1) is 0 Å². The molecular formula is C13H16N2O4. The molecule has 1 aromatic rings. The maximum absolute atomic E-state index is 11.9. The molecule has 0 heterocycles. The zero-order valence-electron chi connectivity index (χ0n) is 10.6. The highest BCUT2D eigenvalue weighted by atomic mass is 16.5. The molecule has 0 aromatic heterocycles. The number of urea groups is 1. The van der Waals surface area contributed by atoms with Gasteiger partial charge in [-0.1, -0.05) is 12.1 Å². The van der Waals surface area contributed by atoms with Crippen LogP contribution in [0.2, 0.25) is 0 Å². The van der Waals surface area contributed by atoms with Gasteiger partial charge in [0.05, 0.1) is 7.11 Å². The van der Waals surface area contributed by atoms with Gasteiger partial charge in [0.25, 0.3) is 0 Å². The molecule has 0 spiro atoms. The van der Waals surface area contributed by atoms with Crippen molar-refractivity contribution in [2.75, 3.05) is 25.5 Å². The lowest BCUT2D eigenvalue weighted by atomic mass is 10.3. The highest BCUT2D eigenvalue weighted by Gasteiger charge is 2.15. The number of aliphatic carboxylic acids is 1. The molecule has 0 saturated heterocycles. The number of carboxylic acid groups (broad SMARTS) is 1. The summed E-state index contributed by atoms with van der Waals surface area (Å²) >= 11 is 0. The van der Waals surface area contributed by atoms with Crippen molar-refractivity contribution in [3.8, 4) is 5.75 Å². The van der Waals surface area contributed by atoms with E-state index in [1.807, 2.05) is 0 Å². The standard InChI is InChI=1S/C13H16N2O4/c1-3-7-15(9-12(16)17)13(18)14-10-5-4-6-11(8-10)19-2/h3-6,8H,1,7,9H2,2H3,(H,14,18)(H,16,17). The summed E-state index contributed by atoms with van der Waals surface area (Å²) in [6.45, 7) is 3.26. The van der Waals surface area contributed by atoms with E-state index in [-0.39, 0.29) is 13.1 Å². The molecule has 0 aliphatic carbocycles. The highest BCUT2D eigenvalue weighted by Crippen LogP contribution is 2.17. The molecule has 6 heteroatoms. The van der Waals surface area contributed by atoms with Crippen LogP contribution in [0.3, 0.4) is 0 Å².